The van der Waals surface area contributed by atoms with E-state index in [9.17, 15) is 4.39 Å². The molecule has 0 radical (unpaired) electrons. The molecule has 0 saturated heterocycles. The zero-order valence-electron chi connectivity index (χ0n) is 28.0. The average Bonchev–Trinajstić information content (AvgIpc) is 3.55. The van der Waals surface area contributed by atoms with Crippen molar-refractivity contribution < 1.29 is 47.0 Å². The largest absolute Gasteiger partial charge is 0.497 e. The maximum absolute atomic E-state index is 13.0. The molecular formula is C37H48ClFO9. The Kier molecular flexibility index (Phi) is 21.1. The van der Waals surface area contributed by atoms with Crippen LogP contribution in [-0.4, -0.2) is 56.6 Å². The van der Waals surface area contributed by atoms with E-state index in [2.05, 4.69) is 0 Å². The molecule has 9 nitrogen and oxygen atoms in total. The summed E-state index contributed by atoms with van der Waals surface area (Å²) in [5.41, 5.74) is 4.11. The topological polar surface area (TPSA) is 83.1 Å². The molecule has 4 aromatic rings. The lowest BCUT2D eigenvalue weighted by molar-refractivity contribution is 0.173. The second-order valence-electron chi connectivity index (χ2n) is 9.71. The SMILES string of the molecule is C.COCc1ccc(OC)c(Cl)c1.COCc1ccc(OC)c(F)c1.COCc1ccc(OC)cc1.COCc1ccc2c(c1)OCO2. The molecule has 11 heteroatoms. The maximum atomic E-state index is 13.0. The number of benzene rings is 4. The summed E-state index contributed by atoms with van der Waals surface area (Å²) in [5.74, 6) is 3.10. The molecule has 0 amide bonds. The van der Waals surface area contributed by atoms with Crippen molar-refractivity contribution in [2.45, 2.75) is 33.9 Å². The summed E-state index contributed by atoms with van der Waals surface area (Å²) in [6.07, 6.45) is 0. The molecule has 0 aliphatic carbocycles. The van der Waals surface area contributed by atoms with Crippen LogP contribution in [0.25, 0.3) is 0 Å². The van der Waals surface area contributed by atoms with Crippen molar-refractivity contribution in [3.05, 3.63) is 112 Å². The summed E-state index contributed by atoms with van der Waals surface area (Å²) in [7, 11) is 11.3. The minimum Gasteiger partial charge on any atom is -0.497 e. The first kappa shape index (κ1) is 42.0. The van der Waals surface area contributed by atoms with Crippen LogP contribution in [0.3, 0.4) is 0 Å². The Morgan fingerprint density at radius 2 is 1.00 bits per heavy atom. The number of methoxy groups -OCH3 is 7. The second-order valence-corrected chi connectivity index (χ2v) is 10.1. The van der Waals surface area contributed by atoms with Crippen LogP contribution in [0.1, 0.15) is 29.7 Å². The number of halogens is 2. The summed E-state index contributed by atoms with van der Waals surface area (Å²) in [6, 6.07) is 24.0. The highest BCUT2D eigenvalue weighted by atomic mass is 35.5. The van der Waals surface area contributed by atoms with Crippen LogP contribution < -0.4 is 23.7 Å². The van der Waals surface area contributed by atoms with Gasteiger partial charge in [0.05, 0.1) is 52.8 Å². The molecule has 48 heavy (non-hydrogen) atoms. The zero-order valence-corrected chi connectivity index (χ0v) is 28.7. The van der Waals surface area contributed by atoms with Crippen molar-refractivity contribution in [1.82, 2.24) is 0 Å². The smallest absolute Gasteiger partial charge is 0.231 e. The predicted molar refractivity (Wildman–Crippen MR) is 186 cm³/mol. The molecule has 1 aliphatic rings. The lowest BCUT2D eigenvalue weighted by Gasteiger charge is -2.04. The molecule has 0 unspecified atom stereocenters. The van der Waals surface area contributed by atoms with E-state index >= 15 is 0 Å². The van der Waals surface area contributed by atoms with Crippen molar-refractivity contribution in [2.24, 2.45) is 0 Å². The monoisotopic (exact) mass is 690 g/mol. The van der Waals surface area contributed by atoms with Gasteiger partial charge in [0, 0.05) is 28.4 Å². The van der Waals surface area contributed by atoms with Crippen LogP contribution in [0.5, 0.6) is 28.7 Å². The summed E-state index contributed by atoms with van der Waals surface area (Å²) in [4.78, 5) is 0. The summed E-state index contributed by atoms with van der Waals surface area (Å²) in [5, 5.41) is 0.618. The number of rotatable bonds is 11. The molecule has 0 fully saturated rings. The van der Waals surface area contributed by atoms with Gasteiger partial charge in [0.15, 0.2) is 23.1 Å². The van der Waals surface area contributed by atoms with Gasteiger partial charge in [-0.2, -0.15) is 0 Å². The Morgan fingerprint density at radius 3 is 1.50 bits per heavy atom. The normalized spacial score (nSPS) is 10.5. The van der Waals surface area contributed by atoms with Gasteiger partial charge >= 0.3 is 0 Å². The molecule has 0 aromatic heterocycles. The number of fused-ring (bicyclic) bond motifs is 1. The highest BCUT2D eigenvalue weighted by molar-refractivity contribution is 6.32. The van der Waals surface area contributed by atoms with Crippen molar-refractivity contribution >= 4 is 11.6 Å². The fourth-order valence-electron chi connectivity index (χ4n) is 4.02. The zero-order chi connectivity index (χ0) is 34.4. The summed E-state index contributed by atoms with van der Waals surface area (Å²) in [6.45, 7) is 2.58. The first-order chi connectivity index (χ1) is 22.8. The lowest BCUT2D eigenvalue weighted by atomic mass is 10.2. The molecule has 0 bridgehead atoms. The van der Waals surface area contributed by atoms with E-state index in [1.807, 2.05) is 60.7 Å². The molecule has 5 rings (SSSR count). The number of ether oxygens (including phenoxy) is 9. The third-order valence-corrected chi connectivity index (χ3v) is 6.57. The summed E-state index contributed by atoms with van der Waals surface area (Å²) >= 11 is 5.88. The van der Waals surface area contributed by atoms with Crippen LogP contribution in [0.4, 0.5) is 4.39 Å². The second kappa shape index (κ2) is 24.1. The summed E-state index contributed by atoms with van der Waals surface area (Å²) < 4.78 is 57.9. The van der Waals surface area contributed by atoms with E-state index in [1.165, 1.54) is 13.2 Å². The van der Waals surface area contributed by atoms with Crippen molar-refractivity contribution in [2.75, 3.05) is 56.6 Å². The molecule has 4 aromatic carbocycles. The quantitative estimate of drug-likeness (QED) is 0.154. The van der Waals surface area contributed by atoms with Gasteiger partial charge in [-0.05, 0) is 70.8 Å². The van der Waals surface area contributed by atoms with E-state index in [-0.39, 0.29) is 19.0 Å². The predicted octanol–water partition coefficient (Wildman–Crippen LogP) is 8.52. The van der Waals surface area contributed by atoms with Gasteiger partial charge in [-0.15, -0.1) is 0 Å². The fraction of sp³-hybridized carbons (Fsp3) is 0.351. The van der Waals surface area contributed by atoms with E-state index < -0.39 is 0 Å². The fourth-order valence-corrected chi connectivity index (χ4v) is 4.30. The van der Waals surface area contributed by atoms with Gasteiger partial charge < -0.3 is 42.6 Å². The van der Waals surface area contributed by atoms with Crippen molar-refractivity contribution in [3.63, 3.8) is 0 Å². The number of hydrogen-bond acceptors (Lipinski definition) is 9. The first-order valence-corrected chi connectivity index (χ1v) is 14.8. The molecule has 0 N–H and O–H groups in total. The molecular weight excluding hydrogens is 643 g/mol. The highest BCUT2D eigenvalue weighted by Crippen LogP contribution is 2.32. The lowest BCUT2D eigenvalue weighted by Crippen LogP contribution is -1.93. The third-order valence-electron chi connectivity index (χ3n) is 6.27. The van der Waals surface area contributed by atoms with E-state index in [1.54, 1.807) is 54.8 Å². The molecule has 1 heterocycles. The Hall–Kier alpha value is -4.06. The van der Waals surface area contributed by atoms with Crippen LogP contribution in [0.15, 0.2) is 78.9 Å². The van der Waals surface area contributed by atoms with E-state index in [0.29, 0.717) is 44.0 Å². The molecule has 0 atom stereocenters. The minimum absolute atomic E-state index is 0. The van der Waals surface area contributed by atoms with Crippen molar-refractivity contribution in [3.8, 4) is 28.7 Å². The van der Waals surface area contributed by atoms with Crippen LogP contribution >= 0.6 is 11.6 Å². The first-order valence-electron chi connectivity index (χ1n) is 14.4. The Morgan fingerprint density at radius 1 is 0.542 bits per heavy atom. The highest BCUT2D eigenvalue weighted by Gasteiger charge is 2.12. The molecule has 0 saturated carbocycles. The Balaban J connectivity index is 0.000000318. The van der Waals surface area contributed by atoms with Gasteiger partial charge in [-0.25, -0.2) is 4.39 Å². The molecule has 0 spiro atoms. The third kappa shape index (κ3) is 14.8. The van der Waals surface area contributed by atoms with Gasteiger partial charge in [-0.1, -0.05) is 49.4 Å². The molecule has 1 aliphatic heterocycles. The minimum atomic E-state index is -0.355. The standard InChI is InChI=1S/C9H11ClO2.C9H11FO2.C9H10O3.C9H12O2.CH4/c2*1-11-6-7-3-4-9(12-2)8(10)5-7;1-10-5-7-2-3-8-9(4-7)12-6-11-8;1-10-7-8-3-5-9(11-2)6-4-8;/h2*3-5H,6H2,1-2H3;2-4H,5-6H2,1H3;3-6H,7H2,1-2H3;1H4. The van der Waals surface area contributed by atoms with E-state index in [0.717, 1.165) is 39.5 Å². The van der Waals surface area contributed by atoms with E-state index in [4.69, 9.17) is 54.2 Å². The maximum Gasteiger partial charge on any atom is 0.231 e. The van der Waals surface area contributed by atoms with Crippen molar-refractivity contribution in [1.29, 1.82) is 0 Å². The van der Waals surface area contributed by atoms with Crippen LogP contribution in [-0.2, 0) is 45.4 Å². The average molecular weight is 691 g/mol. The Bertz CT molecular complexity index is 1390. The Labute approximate surface area is 289 Å². The van der Waals surface area contributed by atoms with Crippen LogP contribution in [0.2, 0.25) is 5.02 Å². The number of hydrogen-bond donors (Lipinski definition) is 0. The van der Waals surface area contributed by atoms with Gasteiger partial charge in [0.1, 0.15) is 11.5 Å². The molecule has 264 valence electrons. The van der Waals surface area contributed by atoms with Gasteiger partial charge in [0.25, 0.3) is 0 Å². The van der Waals surface area contributed by atoms with Crippen LogP contribution in [0, 0.1) is 5.82 Å². The van der Waals surface area contributed by atoms with Gasteiger partial charge in [0.2, 0.25) is 6.79 Å². The van der Waals surface area contributed by atoms with Gasteiger partial charge in [-0.3, -0.25) is 0 Å².